The lowest BCUT2D eigenvalue weighted by molar-refractivity contribution is 0.101. The van der Waals surface area contributed by atoms with E-state index >= 15 is 0 Å². The molecule has 0 fully saturated rings. The maximum absolute atomic E-state index is 12.5. The van der Waals surface area contributed by atoms with Gasteiger partial charge in [-0.05, 0) is 42.5 Å². The number of aryl methyl sites for hydroxylation is 1. The van der Waals surface area contributed by atoms with E-state index in [1.165, 1.54) is 0 Å². The van der Waals surface area contributed by atoms with Crippen LogP contribution in [0.25, 0.3) is 10.9 Å². The molecule has 3 rings (SSSR count). The molecule has 0 bridgehead atoms. The number of hydrogen-bond donors (Lipinski definition) is 1. The van der Waals surface area contributed by atoms with Crippen molar-refractivity contribution in [2.75, 3.05) is 19.5 Å². The van der Waals surface area contributed by atoms with E-state index in [1.54, 1.807) is 14.2 Å². The van der Waals surface area contributed by atoms with Gasteiger partial charge in [0.15, 0.2) is 0 Å². The molecule has 118 valence electrons. The van der Waals surface area contributed by atoms with E-state index in [9.17, 15) is 4.79 Å². The number of amides is 1. The lowest BCUT2D eigenvalue weighted by Gasteiger charge is -2.07. The van der Waals surface area contributed by atoms with Gasteiger partial charge in [0.05, 0.1) is 19.7 Å². The molecule has 0 atom stereocenters. The minimum Gasteiger partial charge on any atom is -0.497 e. The third-order valence-corrected chi connectivity index (χ3v) is 3.83. The van der Waals surface area contributed by atoms with E-state index in [4.69, 9.17) is 9.47 Å². The van der Waals surface area contributed by atoms with Crippen LogP contribution in [0.1, 0.15) is 10.5 Å². The van der Waals surface area contributed by atoms with E-state index in [0.717, 1.165) is 28.1 Å². The Morgan fingerprint density at radius 2 is 1.61 bits per heavy atom. The van der Waals surface area contributed by atoms with Crippen LogP contribution in [0, 0.1) is 0 Å². The monoisotopic (exact) mass is 310 g/mol. The van der Waals surface area contributed by atoms with Gasteiger partial charge in [-0.1, -0.05) is 0 Å². The molecule has 0 saturated carbocycles. The van der Waals surface area contributed by atoms with Crippen molar-refractivity contribution >= 4 is 22.5 Å². The zero-order chi connectivity index (χ0) is 16.4. The number of rotatable bonds is 4. The Labute approximate surface area is 134 Å². The number of aromatic nitrogens is 1. The van der Waals surface area contributed by atoms with Crippen molar-refractivity contribution in [3.8, 4) is 11.5 Å². The summed E-state index contributed by atoms with van der Waals surface area (Å²) in [4.78, 5) is 12.5. The Bertz CT molecular complexity index is 851. The van der Waals surface area contributed by atoms with Crippen LogP contribution in [-0.4, -0.2) is 24.7 Å². The fraction of sp³-hybridized carbons (Fsp3) is 0.167. The number of methoxy groups -OCH3 is 2. The van der Waals surface area contributed by atoms with Crippen LogP contribution in [-0.2, 0) is 7.05 Å². The second-order valence-electron chi connectivity index (χ2n) is 5.20. The largest absolute Gasteiger partial charge is 0.497 e. The van der Waals surface area contributed by atoms with Gasteiger partial charge in [0.25, 0.3) is 5.91 Å². The summed E-state index contributed by atoms with van der Waals surface area (Å²) >= 11 is 0. The normalized spacial score (nSPS) is 10.6. The maximum atomic E-state index is 12.5. The molecule has 1 aromatic heterocycles. The third-order valence-electron chi connectivity index (χ3n) is 3.83. The van der Waals surface area contributed by atoms with Gasteiger partial charge in [0, 0.05) is 24.2 Å². The number of carbonyl (C=O) groups is 1. The first-order valence-corrected chi connectivity index (χ1v) is 7.21. The van der Waals surface area contributed by atoms with Crippen LogP contribution in [0.5, 0.6) is 11.5 Å². The third kappa shape index (κ3) is 2.85. The van der Waals surface area contributed by atoms with Crippen molar-refractivity contribution in [1.29, 1.82) is 0 Å². The topological polar surface area (TPSA) is 52.5 Å². The number of anilines is 1. The summed E-state index contributed by atoms with van der Waals surface area (Å²) in [6.45, 7) is 0. The van der Waals surface area contributed by atoms with Gasteiger partial charge < -0.3 is 19.4 Å². The highest BCUT2D eigenvalue weighted by Gasteiger charge is 2.14. The minimum atomic E-state index is -0.159. The number of nitrogens with one attached hydrogen (secondary N) is 1. The van der Waals surface area contributed by atoms with Crippen molar-refractivity contribution in [3.05, 3.63) is 54.2 Å². The Balaban J connectivity index is 1.89. The van der Waals surface area contributed by atoms with Crippen molar-refractivity contribution in [1.82, 2.24) is 4.57 Å². The highest BCUT2D eigenvalue weighted by atomic mass is 16.5. The molecule has 1 heterocycles. The van der Waals surface area contributed by atoms with E-state index in [0.29, 0.717) is 5.69 Å². The van der Waals surface area contributed by atoms with Gasteiger partial charge in [-0.25, -0.2) is 0 Å². The van der Waals surface area contributed by atoms with Crippen molar-refractivity contribution < 1.29 is 14.3 Å². The first kappa shape index (κ1) is 15.0. The van der Waals surface area contributed by atoms with Gasteiger partial charge >= 0.3 is 0 Å². The Kier molecular flexibility index (Phi) is 3.93. The smallest absolute Gasteiger partial charge is 0.272 e. The van der Waals surface area contributed by atoms with E-state index < -0.39 is 0 Å². The second-order valence-corrected chi connectivity index (χ2v) is 5.20. The molecule has 1 amide bonds. The number of ether oxygens (including phenoxy) is 2. The molecule has 5 nitrogen and oxygen atoms in total. The number of fused-ring (bicyclic) bond motifs is 1. The van der Waals surface area contributed by atoms with Crippen LogP contribution < -0.4 is 14.8 Å². The van der Waals surface area contributed by atoms with Crippen LogP contribution in [0.3, 0.4) is 0 Å². The molecule has 0 aliphatic heterocycles. The molecule has 1 N–H and O–H groups in total. The summed E-state index contributed by atoms with van der Waals surface area (Å²) in [5.41, 5.74) is 2.26. The Morgan fingerprint density at radius 3 is 2.26 bits per heavy atom. The number of carbonyl (C=O) groups excluding carboxylic acids is 1. The van der Waals surface area contributed by atoms with E-state index in [2.05, 4.69) is 5.32 Å². The Hall–Kier alpha value is -2.95. The zero-order valence-electron chi connectivity index (χ0n) is 13.3. The predicted molar refractivity (Wildman–Crippen MR) is 90.4 cm³/mol. The molecule has 3 aromatic rings. The molecular weight excluding hydrogens is 292 g/mol. The van der Waals surface area contributed by atoms with Crippen molar-refractivity contribution in [2.45, 2.75) is 0 Å². The average molecular weight is 310 g/mol. The number of nitrogens with zero attached hydrogens (tertiary/aromatic N) is 1. The first-order chi connectivity index (χ1) is 11.1. The summed E-state index contributed by atoms with van der Waals surface area (Å²) in [5, 5.41) is 3.89. The summed E-state index contributed by atoms with van der Waals surface area (Å²) in [6, 6.07) is 14.8. The molecule has 23 heavy (non-hydrogen) atoms. The van der Waals surface area contributed by atoms with Crippen LogP contribution in [0.15, 0.2) is 48.5 Å². The minimum absolute atomic E-state index is 0.159. The number of hydrogen-bond acceptors (Lipinski definition) is 3. The fourth-order valence-corrected chi connectivity index (χ4v) is 2.52. The molecule has 0 saturated heterocycles. The molecule has 0 aliphatic carbocycles. The van der Waals surface area contributed by atoms with Gasteiger partial charge in [-0.2, -0.15) is 0 Å². The van der Waals surface area contributed by atoms with E-state index in [1.807, 2.05) is 60.1 Å². The van der Waals surface area contributed by atoms with E-state index in [-0.39, 0.29) is 5.91 Å². The molecule has 0 aliphatic rings. The van der Waals surface area contributed by atoms with Crippen molar-refractivity contribution in [3.63, 3.8) is 0 Å². The lowest BCUT2D eigenvalue weighted by atomic mass is 10.2. The molecular formula is C18H18N2O3. The molecule has 0 unspecified atom stereocenters. The first-order valence-electron chi connectivity index (χ1n) is 7.21. The molecule has 0 radical (unpaired) electrons. The van der Waals surface area contributed by atoms with Gasteiger partial charge in [-0.3, -0.25) is 4.79 Å². The summed E-state index contributed by atoms with van der Waals surface area (Å²) in [5.74, 6) is 1.35. The average Bonchev–Trinajstić information content (AvgIpc) is 2.92. The molecule has 2 aromatic carbocycles. The summed E-state index contributed by atoms with van der Waals surface area (Å²) < 4.78 is 12.2. The highest BCUT2D eigenvalue weighted by molar-refractivity contribution is 6.06. The quantitative estimate of drug-likeness (QED) is 0.803. The standard InChI is InChI=1S/C18H18N2O3/c1-20-16-11-15(23-3)7-4-12(16)10-17(20)18(21)19-13-5-8-14(22-2)9-6-13/h4-11H,1-3H3,(H,19,21). The van der Waals surface area contributed by atoms with Gasteiger partial charge in [0.2, 0.25) is 0 Å². The van der Waals surface area contributed by atoms with Crippen LogP contribution >= 0.6 is 0 Å². The van der Waals surface area contributed by atoms with Crippen molar-refractivity contribution in [2.24, 2.45) is 7.05 Å². The fourth-order valence-electron chi connectivity index (χ4n) is 2.52. The van der Waals surface area contributed by atoms with Crippen LogP contribution in [0.4, 0.5) is 5.69 Å². The SMILES string of the molecule is COc1ccc(NC(=O)c2cc3ccc(OC)cc3n2C)cc1. The van der Waals surface area contributed by atoms with Crippen LogP contribution in [0.2, 0.25) is 0 Å². The maximum Gasteiger partial charge on any atom is 0.272 e. The highest BCUT2D eigenvalue weighted by Crippen LogP contribution is 2.24. The zero-order valence-corrected chi connectivity index (χ0v) is 13.3. The molecule has 0 spiro atoms. The number of benzene rings is 2. The lowest BCUT2D eigenvalue weighted by Crippen LogP contribution is -2.15. The predicted octanol–water partition coefficient (Wildman–Crippen LogP) is 3.45. The Morgan fingerprint density at radius 1 is 0.957 bits per heavy atom. The second kappa shape index (κ2) is 6.04. The van der Waals surface area contributed by atoms with Gasteiger partial charge in [0.1, 0.15) is 17.2 Å². The molecule has 5 heteroatoms. The summed E-state index contributed by atoms with van der Waals surface area (Å²) in [7, 11) is 5.10. The summed E-state index contributed by atoms with van der Waals surface area (Å²) in [6.07, 6.45) is 0. The van der Waals surface area contributed by atoms with Gasteiger partial charge in [-0.15, -0.1) is 0 Å².